The summed E-state index contributed by atoms with van der Waals surface area (Å²) in [7, 11) is 4.19. The van der Waals surface area contributed by atoms with Crippen molar-refractivity contribution in [2.75, 3.05) is 0 Å². The van der Waals surface area contributed by atoms with Crippen LogP contribution in [0.25, 0.3) is 0 Å². The Kier molecular flexibility index (Phi) is 4.30. The quantitative estimate of drug-likeness (QED) is 0.494. The molecule has 0 amide bonds. The van der Waals surface area contributed by atoms with Crippen molar-refractivity contribution in [1.29, 1.82) is 0 Å². The number of hydrogen-bond acceptors (Lipinski definition) is 3. The maximum atomic E-state index is 5.95. The summed E-state index contributed by atoms with van der Waals surface area (Å²) in [5.74, 6) is 0. The zero-order chi connectivity index (χ0) is 14.5. The van der Waals surface area contributed by atoms with Crippen LogP contribution < -0.4 is 18.6 Å². The predicted molar refractivity (Wildman–Crippen MR) is 92.5 cm³/mol. The Bertz CT molecular complexity index is 643. The van der Waals surface area contributed by atoms with E-state index in [-0.39, 0.29) is 0 Å². The summed E-state index contributed by atoms with van der Waals surface area (Å²) in [4.78, 5) is 2.65. The van der Waals surface area contributed by atoms with Gasteiger partial charge >= 0.3 is 0 Å². The lowest BCUT2D eigenvalue weighted by Crippen LogP contribution is -2.49. The Balaban J connectivity index is 2.68. The summed E-state index contributed by atoms with van der Waals surface area (Å²) in [6.07, 6.45) is 0. The summed E-state index contributed by atoms with van der Waals surface area (Å²) in [6.45, 7) is 8.59. The number of aromatic nitrogens is 2. The Labute approximate surface area is 133 Å². The number of nitrogens with zero attached hydrogens (tertiary/aromatic N) is 2. The van der Waals surface area contributed by atoms with Crippen LogP contribution in [0.1, 0.15) is 21.1 Å². The van der Waals surface area contributed by atoms with Crippen molar-refractivity contribution >= 4 is 61.5 Å². The highest BCUT2D eigenvalue weighted by molar-refractivity contribution is 8.69. The highest BCUT2D eigenvalue weighted by atomic mass is 32.9. The first kappa shape index (κ1) is 15.6. The minimum atomic E-state index is -1.99. The van der Waals surface area contributed by atoms with E-state index in [4.69, 9.17) is 24.1 Å². The second-order valence-corrected chi connectivity index (χ2v) is 14.0. The first-order chi connectivity index (χ1) is 8.67. The Hall–Kier alpha value is 0.260. The van der Waals surface area contributed by atoms with Crippen molar-refractivity contribution in [1.82, 2.24) is 0 Å². The lowest BCUT2D eigenvalue weighted by Gasteiger charge is -2.05. The third-order valence-electron chi connectivity index (χ3n) is 3.61. The van der Waals surface area contributed by atoms with Gasteiger partial charge in [0.25, 0.3) is 9.50 Å². The van der Waals surface area contributed by atoms with Crippen LogP contribution in [-0.4, -0.2) is 0 Å². The molecule has 0 saturated carbocycles. The lowest BCUT2D eigenvalue weighted by molar-refractivity contribution is -0.659. The molecular weight excluding hydrogens is 331 g/mol. The van der Waals surface area contributed by atoms with Crippen molar-refractivity contribution in [3.63, 3.8) is 0 Å². The van der Waals surface area contributed by atoms with Gasteiger partial charge in [0.2, 0.25) is 5.24 Å². The molecule has 0 aliphatic carbocycles. The van der Waals surface area contributed by atoms with E-state index < -0.39 is 5.24 Å². The smallest absolute Gasteiger partial charge is 0.187 e. The molecule has 2 aromatic heterocycles. The van der Waals surface area contributed by atoms with Crippen molar-refractivity contribution in [2.45, 2.75) is 27.7 Å². The van der Waals surface area contributed by atoms with Crippen LogP contribution in [0.15, 0.2) is 0 Å². The number of rotatable bonds is 2. The van der Waals surface area contributed by atoms with Gasteiger partial charge in [-0.25, -0.2) is 0 Å². The van der Waals surface area contributed by atoms with Crippen molar-refractivity contribution in [3.05, 3.63) is 21.1 Å². The Morgan fingerprint density at radius 2 is 1.21 bits per heavy atom. The average Bonchev–Trinajstić information content (AvgIpc) is 2.75. The molecule has 19 heavy (non-hydrogen) atoms. The number of thiol groups is 1. The third kappa shape index (κ3) is 2.46. The Morgan fingerprint density at radius 3 is 1.42 bits per heavy atom. The molecule has 0 radical (unpaired) electrons. The molecule has 2 aromatic rings. The van der Waals surface area contributed by atoms with Crippen LogP contribution in [0.3, 0.4) is 0 Å². The highest BCUT2D eigenvalue weighted by Crippen LogP contribution is 2.49. The molecule has 0 unspecified atom stereocenters. The van der Waals surface area contributed by atoms with Crippen LogP contribution in [0.5, 0.6) is 0 Å². The van der Waals surface area contributed by atoms with E-state index in [0.29, 0.717) is 0 Å². The fourth-order valence-corrected chi connectivity index (χ4v) is 10.3. The highest BCUT2D eigenvalue weighted by Gasteiger charge is 2.40. The summed E-state index contributed by atoms with van der Waals surface area (Å²) in [6, 6.07) is 0. The summed E-state index contributed by atoms with van der Waals surface area (Å²) in [5.41, 5.74) is 2.58. The van der Waals surface area contributed by atoms with E-state index in [1.54, 1.807) is 22.7 Å². The largest absolute Gasteiger partial charge is 0.288 e. The summed E-state index contributed by atoms with van der Waals surface area (Å²) >= 11 is 14.5. The molecule has 7 heteroatoms. The van der Waals surface area contributed by atoms with Gasteiger partial charge in [0.05, 0.1) is 9.75 Å². The van der Waals surface area contributed by atoms with Gasteiger partial charge in [-0.2, -0.15) is 9.13 Å². The number of hydrogen-bond donors (Lipinski definition) is 1. The molecule has 0 spiro atoms. The van der Waals surface area contributed by atoms with Gasteiger partial charge in [-0.3, -0.25) is 0 Å². The second kappa shape index (κ2) is 5.23. The first-order valence-electron chi connectivity index (χ1n) is 5.94. The zero-order valence-corrected chi connectivity index (χ0v) is 16.3. The van der Waals surface area contributed by atoms with Gasteiger partial charge in [-0.15, -0.1) is 12.2 Å². The zero-order valence-electron chi connectivity index (χ0n) is 12.0. The molecule has 0 fully saturated rings. The molecule has 2 rings (SSSR count). The number of aryl methyl sites for hydroxylation is 2. The first-order valence-corrected chi connectivity index (χ1v) is 11.5. The van der Waals surface area contributed by atoms with Crippen molar-refractivity contribution in [3.8, 4) is 0 Å². The fraction of sp³-hybridized carbons (Fsp3) is 0.500. The van der Waals surface area contributed by atoms with E-state index in [2.05, 4.69) is 50.9 Å². The van der Waals surface area contributed by atoms with Crippen molar-refractivity contribution < 1.29 is 9.13 Å². The van der Waals surface area contributed by atoms with Gasteiger partial charge in [0, 0.05) is 13.8 Å². The maximum Gasteiger partial charge on any atom is 0.288 e. The topological polar surface area (TPSA) is 7.76 Å². The van der Waals surface area contributed by atoms with Crippen LogP contribution in [0, 0.1) is 27.7 Å². The Morgan fingerprint density at radius 1 is 0.895 bits per heavy atom. The minimum Gasteiger partial charge on any atom is -0.187 e. The number of thiazole rings is 2. The minimum absolute atomic E-state index is 1.22. The predicted octanol–water partition coefficient (Wildman–Crippen LogP) is 1.97. The van der Waals surface area contributed by atoms with Gasteiger partial charge in [0.1, 0.15) is 14.1 Å². The maximum absolute atomic E-state index is 5.95. The van der Waals surface area contributed by atoms with Crippen LogP contribution >= 0.6 is 40.2 Å². The van der Waals surface area contributed by atoms with E-state index >= 15 is 0 Å². The average molecular weight is 351 g/mol. The fourth-order valence-electron chi connectivity index (χ4n) is 1.93. The van der Waals surface area contributed by atoms with Crippen LogP contribution in [-0.2, 0) is 25.9 Å². The lowest BCUT2D eigenvalue weighted by atomic mass is 10.4. The molecule has 0 aliphatic heterocycles. The molecule has 0 bridgehead atoms. The molecule has 0 N–H and O–H groups in total. The molecule has 0 atom stereocenters. The standard InChI is InChI=1S/C12H18N2PS4/c1-7-9(3)18-11(13(7)5)15(16,17)12-14(6)8(2)10(4)19-12/h1-6H3/q+1/p+1. The van der Waals surface area contributed by atoms with E-state index in [0.717, 1.165) is 0 Å². The van der Waals surface area contributed by atoms with Gasteiger partial charge in [0.15, 0.2) is 11.4 Å². The van der Waals surface area contributed by atoms with Gasteiger partial charge in [-0.1, -0.05) is 34.5 Å². The normalized spacial score (nSPS) is 12.2. The molecule has 104 valence electrons. The monoisotopic (exact) mass is 350 g/mol. The second-order valence-electron chi connectivity index (χ2n) is 4.75. The molecule has 2 heterocycles. The van der Waals surface area contributed by atoms with Gasteiger partial charge < -0.3 is 0 Å². The van der Waals surface area contributed by atoms with E-state index in [1.807, 2.05) is 0 Å². The van der Waals surface area contributed by atoms with Crippen LogP contribution in [0.4, 0.5) is 0 Å². The SMILES string of the molecule is Cc1sc(P(=S)(S)c2sc(C)c(C)[n+]2C)[n+](C)c1C. The third-order valence-corrected chi connectivity index (χ3v) is 13.2. The molecule has 0 aromatic carbocycles. The molecule has 0 aliphatic rings. The molecule has 0 saturated heterocycles. The molecule has 2 nitrogen and oxygen atoms in total. The van der Waals surface area contributed by atoms with Crippen molar-refractivity contribution in [2.24, 2.45) is 14.1 Å². The van der Waals surface area contributed by atoms with Gasteiger partial charge in [-0.05, 0) is 13.8 Å². The summed E-state index contributed by atoms with van der Waals surface area (Å²) in [5, 5.41) is -1.99. The summed E-state index contributed by atoms with van der Waals surface area (Å²) < 4.78 is 6.88. The van der Waals surface area contributed by atoms with E-state index in [1.165, 1.54) is 30.6 Å². The van der Waals surface area contributed by atoms with E-state index in [9.17, 15) is 0 Å². The van der Waals surface area contributed by atoms with Crippen LogP contribution in [0.2, 0.25) is 0 Å². The molecular formula is C12H19N2PS4+2.